The molecule has 1 aliphatic carbocycles. The van der Waals surface area contributed by atoms with Crippen molar-refractivity contribution in [3.8, 4) is 5.75 Å². The Morgan fingerprint density at radius 3 is 2.56 bits per heavy atom. The van der Waals surface area contributed by atoms with Crippen LogP contribution in [0, 0.1) is 11.6 Å². The second-order valence-electron chi connectivity index (χ2n) is 10.3. The van der Waals surface area contributed by atoms with E-state index in [0.29, 0.717) is 11.3 Å². The molecule has 1 aliphatic heterocycles. The molecule has 200 valence electrons. The first-order chi connectivity index (χ1) is 18.9. The average Bonchev–Trinajstić information content (AvgIpc) is 3.48. The van der Waals surface area contributed by atoms with Gasteiger partial charge in [-0.2, -0.15) is 5.10 Å². The smallest absolute Gasteiger partial charge is 0.235 e. The summed E-state index contributed by atoms with van der Waals surface area (Å²) in [5.41, 5.74) is 4.33. The highest BCUT2D eigenvalue weighted by Gasteiger charge is 2.65. The third-order valence-electron chi connectivity index (χ3n) is 8.21. The van der Waals surface area contributed by atoms with Crippen LogP contribution in [-0.4, -0.2) is 41.2 Å². The molecule has 0 saturated heterocycles. The maximum Gasteiger partial charge on any atom is 0.235 e. The SMILES string of the molecule is CCN(CC)Cc1c(F)cc(/C=C/c2n[nH]c3cc(C4CC45C(=O)Nc4ccc(OC)cc45)ccc23)cc1F. The second kappa shape index (κ2) is 9.61. The summed E-state index contributed by atoms with van der Waals surface area (Å²) in [6, 6.07) is 14.5. The fourth-order valence-electron chi connectivity index (χ4n) is 5.82. The van der Waals surface area contributed by atoms with E-state index in [1.54, 1.807) is 19.3 Å². The molecule has 2 atom stereocenters. The van der Waals surface area contributed by atoms with Crippen molar-refractivity contribution < 1.29 is 18.3 Å². The van der Waals surface area contributed by atoms with Crippen LogP contribution in [-0.2, 0) is 16.8 Å². The topological polar surface area (TPSA) is 70.2 Å². The lowest BCUT2D eigenvalue weighted by molar-refractivity contribution is -0.118. The number of anilines is 1. The van der Waals surface area contributed by atoms with Gasteiger partial charge in [0.1, 0.15) is 17.4 Å². The summed E-state index contributed by atoms with van der Waals surface area (Å²) in [6.07, 6.45) is 4.15. The summed E-state index contributed by atoms with van der Waals surface area (Å²) in [5, 5.41) is 11.4. The van der Waals surface area contributed by atoms with E-state index in [1.165, 1.54) is 12.1 Å². The van der Waals surface area contributed by atoms with Gasteiger partial charge in [-0.05, 0) is 78.7 Å². The highest BCUT2D eigenvalue weighted by atomic mass is 19.1. The molecule has 2 heterocycles. The number of aromatic amines is 1. The van der Waals surface area contributed by atoms with Crippen molar-refractivity contribution in [3.05, 3.63) is 88.1 Å². The Morgan fingerprint density at radius 1 is 1.08 bits per heavy atom. The Kier molecular flexibility index (Phi) is 6.22. The number of rotatable bonds is 8. The van der Waals surface area contributed by atoms with Crippen LogP contribution in [0.4, 0.5) is 14.5 Å². The first-order valence-corrected chi connectivity index (χ1v) is 13.2. The van der Waals surface area contributed by atoms with E-state index in [0.717, 1.165) is 53.0 Å². The second-order valence-corrected chi connectivity index (χ2v) is 10.3. The predicted molar refractivity (Wildman–Crippen MR) is 149 cm³/mol. The molecule has 1 aromatic heterocycles. The van der Waals surface area contributed by atoms with E-state index in [9.17, 15) is 13.6 Å². The number of nitrogens with one attached hydrogen (secondary N) is 2. The standard InChI is InChI=1S/C31H30F2N4O2/c1-4-37(5-2)17-22-25(32)12-18(13-26(22)33)6-10-27-21-9-7-19(14-29(21)36-35-27)24-16-31(24)23-15-20(39-3)8-11-28(23)34-30(31)38/h6-15,24H,4-5,16-17H2,1-3H3,(H,34,38)(H,35,36)/b10-6+. The number of carbonyl (C=O) groups excluding carboxylic acids is 1. The molecule has 6 rings (SSSR count). The van der Waals surface area contributed by atoms with Gasteiger partial charge in [-0.3, -0.25) is 14.8 Å². The summed E-state index contributed by atoms with van der Waals surface area (Å²) < 4.78 is 34.8. The van der Waals surface area contributed by atoms with Crippen LogP contribution in [0.25, 0.3) is 23.1 Å². The number of benzene rings is 3. The third kappa shape index (κ3) is 4.19. The number of hydrogen-bond acceptors (Lipinski definition) is 4. The number of nitrogens with zero attached hydrogens (tertiary/aromatic N) is 2. The molecule has 4 aromatic rings. The van der Waals surface area contributed by atoms with E-state index in [4.69, 9.17) is 4.74 Å². The number of fused-ring (bicyclic) bond motifs is 3. The molecule has 0 bridgehead atoms. The number of methoxy groups -OCH3 is 1. The predicted octanol–water partition coefficient (Wildman–Crippen LogP) is 6.24. The molecule has 1 spiro atoms. The highest BCUT2D eigenvalue weighted by molar-refractivity contribution is 6.10. The molecule has 2 aliphatic rings. The maximum absolute atomic E-state index is 14.7. The van der Waals surface area contributed by atoms with Crippen molar-refractivity contribution in [3.63, 3.8) is 0 Å². The number of amides is 1. The van der Waals surface area contributed by atoms with Crippen molar-refractivity contribution in [1.82, 2.24) is 15.1 Å². The van der Waals surface area contributed by atoms with Gasteiger partial charge in [0.2, 0.25) is 5.91 Å². The van der Waals surface area contributed by atoms with Gasteiger partial charge in [0.25, 0.3) is 0 Å². The first kappa shape index (κ1) is 25.2. The molecule has 1 saturated carbocycles. The van der Waals surface area contributed by atoms with Crippen LogP contribution in [0.2, 0.25) is 0 Å². The number of aromatic nitrogens is 2. The van der Waals surface area contributed by atoms with Crippen molar-refractivity contribution in [2.75, 3.05) is 25.5 Å². The average molecular weight is 529 g/mol. The molecule has 39 heavy (non-hydrogen) atoms. The van der Waals surface area contributed by atoms with E-state index in [-0.39, 0.29) is 23.9 Å². The molecule has 6 nitrogen and oxygen atoms in total. The van der Waals surface area contributed by atoms with E-state index in [1.807, 2.05) is 55.1 Å². The highest BCUT2D eigenvalue weighted by Crippen LogP contribution is 2.65. The van der Waals surface area contributed by atoms with Gasteiger partial charge in [-0.1, -0.05) is 32.1 Å². The zero-order chi connectivity index (χ0) is 27.3. The molecule has 0 radical (unpaired) electrons. The fraction of sp³-hybridized carbons (Fsp3) is 0.290. The molecular formula is C31H30F2N4O2. The number of hydrogen-bond donors (Lipinski definition) is 2. The lowest BCUT2D eigenvalue weighted by atomic mass is 9.91. The van der Waals surface area contributed by atoms with Crippen molar-refractivity contribution >= 4 is 34.6 Å². The van der Waals surface area contributed by atoms with Gasteiger partial charge >= 0.3 is 0 Å². The minimum atomic E-state index is -0.577. The Labute approximate surface area is 225 Å². The Morgan fingerprint density at radius 2 is 1.85 bits per heavy atom. The minimum Gasteiger partial charge on any atom is -0.497 e. The molecule has 2 unspecified atom stereocenters. The quantitative estimate of drug-likeness (QED) is 0.284. The van der Waals surface area contributed by atoms with Crippen LogP contribution in [0.5, 0.6) is 5.75 Å². The molecule has 3 aromatic carbocycles. The van der Waals surface area contributed by atoms with Gasteiger partial charge in [0.05, 0.1) is 23.7 Å². The summed E-state index contributed by atoms with van der Waals surface area (Å²) >= 11 is 0. The third-order valence-corrected chi connectivity index (χ3v) is 8.21. The Hall–Kier alpha value is -4.04. The minimum absolute atomic E-state index is 0.0201. The van der Waals surface area contributed by atoms with Crippen LogP contribution >= 0.6 is 0 Å². The van der Waals surface area contributed by atoms with E-state index in [2.05, 4.69) is 15.5 Å². The summed E-state index contributed by atoms with van der Waals surface area (Å²) in [5.74, 6) is -0.294. The van der Waals surface area contributed by atoms with Crippen LogP contribution in [0.15, 0.2) is 48.5 Å². The molecule has 1 fully saturated rings. The first-order valence-electron chi connectivity index (χ1n) is 13.2. The molecule has 8 heteroatoms. The Bertz CT molecular complexity index is 1600. The lowest BCUT2D eigenvalue weighted by Crippen LogP contribution is -2.23. The van der Waals surface area contributed by atoms with Crippen molar-refractivity contribution in [1.29, 1.82) is 0 Å². The number of ether oxygens (including phenoxy) is 1. The van der Waals surface area contributed by atoms with Gasteiger partial charge in [-0.15, -0.1) is 0 Å². The van der Waals surface area contributed by atoms with E-state index >= 15 is 0 Å². The molecular weight excluding hydrogens is 498 g/mol. The number of halogens is 2. The fourth-order valence-corrected chi connectivity index (χ4v) is 5.82. The number of H-pyrrole nitrogens is 1. The summed E-state index contributed by atoms with van der Waals surface area (Å²) in [6.45, 7) is 5.63. The zero-order valence-corrected chi connectivity index (χ0v) is 22.1. The van der Waals surface area contributed by atoms with Gasteiger partial charge in [0.15, 0.2) is 0 Å². The van der Waals surface area contributed by atoms with Gasteiger partial charge in [-0.25, -0.2) is 8.78 Å². The summed E-state index contributed by atoms with van der Waals surface area (Å²) in [7, 11) is 1.62. The van der Waals surface area contributed by atoms with Crippen LogP contribution in [0.3, 0.4) is 0 Å². The van der Waals surface area contributed by atoms with Crippen LogP contribution in [0.1, 0.15) is 54.1 Å². The van der Waals surface area contributed by atoms with Gasteiger partial charge < -0.3 is 10.1 Å². The monoisotopic (exact) mass is 528 g/mol. The molecule has 1 amide bonds. The van der Waals surface area contributed by atoms with Crippen LogP contribution < -0.4 is 10.1 Å². The number of carbonyl (C=O) groups is 1. The largest absolute Gasteiger partial charge is 0.497 e. The normalized spacial score (nSPS) is 19.8. The molecule has 2 N–H and O–H groups in total. The van der Waals surface area contributed by atoms with Gasteiger partial charge in [0, 0.05) is 29.1 Å². The van der Waals surface area contributed by atoms with E-state index < -0.39 is 17.0 Å². The van der Waals surface area contributed by atoms with Crippen molar-refractivity contribution in [2.24, 2.45) is 0 Å². The summed E-state index contributed by atoms with van der Waals surface area (Å²) in [4.78, 5) is 15.0. The lowest BCUT2D eigenvalue weighted by Gasteiger charge is -2.19. The maximum atomic E-state index is 14.7. The Balaban J connectivity index is 1.24. The zero-order valence-electron chi connectivity index (χ0n) is 22.1. The van der Waals surface area contributed by atoms with Crippen molar-refractivity contribution in [2.45, 2.75) is 38.1 Å².